The average molecular weight is 323 g/mol. The zero-order valence-corrected chi connectivity index (χ0v) is 13.6. The summed E-state index contributed by atoms with van der Waals surface area (Å²) in [5.74, 6) is -0.381. The maximum absolute atomic E-state index is 12.3. The van der Waals surface area contributed by atoms with Crippen LogP contribution < -0.4 is 16.0 Å². The zero-order valence-electron chi connectivity index (χ0n) is 13.6. The van der Waals surface area contributed by atoms with Gasteiger partial charge in [-0.25, -0.2) is 0 Å². The Labute approximate surface area is 141 Å². The van der Waals surface area contributed by atoms with Crippen molar-refractivity contribution in [1.82, 2.24) is 10.6 Å². The Morgan fingerprint density at radius 1 is 1.12 bits per heavy atom. The van der Waals surface area contributed by atoms with Crippen LogP contribution in [-0.2, 0) is 22.6 Å². The Hall–Kier alpha value is -2.66. The highest BCUT2D eigenvalue weighted by atomic mass is 16.2. The molecule has 3 N–H and O–H groups in total. The van der Waals surface area contributed by atoms with E-state index in [1.165, 1.54) is 11.1 Å². The van der Waals surface area contributed by atoms with Crippen LogP contribution in [-0.4, -0.2) is 24.4 Å². The second-order valence-corrected chi connectivity index (χ2v) is 6.04. The average Bonchev–Trinajstić information content (AvgIpc) is 2.59. The zero-order chi connectivity index (χ0) is 16.9. The fraction of sp³-hybridized carbons (Fsp3) is 0.263. The smallest absolute Gasteiger partial charge is 0.243 e. The molecule has 2 aromatic rings. The van der Waals surface area contributed by atoms with Gasteiger partial charge in [-0.05, 0) is 42.2 Å². The summed E-state index contributed by atoms with van der Waals surface area (Å²) in [5, 5.41) is 8.70. The van der Waals surface area contributed by atoms with E-state index in [2.05, 4.69) is 22.0 Å². The van der Waals surface area contributed by atoms with E-state index in [0.717, 1.165) is 11.3 Å². The highest BCUT2D eigenvalue weighted by Gasteiger charge is 2.23. The van der Waals surface area contributed by atoms with Crippen LogP contribution in [0, 0.1) is 6.92 Å². The second-order valence-electron chi connectivity index (χ2n) is 6.04. The van der Waals surface area contributed by atoms with Crippen molar-refractivity contribution in [3.63, 3.8) is 0 Å². The van der Waals surface area contributed by atoms with Crippen LogP contribution in [0.2, 0.25) is 0 Å². The fourth-order valence-corrected chi connectivity index (χ4v) is 2.86. The number of rotatable bonds is 4. The Kier molecular flexibility index (Phi) is 4.91. The van der Waals surface area contributed by atoms with Crippen LogP contribution in [0.1, 0.15) is 16.7 Å². The van der Waals surface area contributed by atoms with Crippen LogP contribution in [0.3, 0.4) is 0 Å². The van der Waals surface area contributed by atoms with Gasteiger partial charge in [0.2, 0.25) is 11.8 Å². The molecule has 0 fully saturated rings. The van der Waals surface area contributed by atoms with Gasteiger partial charge in [0, 0.05) is 12.2 Å². The van der Waals surface area contributed by atoms with Crippen molar-refractivity contribution in [1.29, 1.82) is 0 Å². The summed E-state index contributed by atoms with van der Waals surface area (Å²) in [5.41, 5.74) is 4.21. The summed E-state index contributed by atoms with van der Waals surface area (Å²) in [4.78, 5) is 24.2. The lowest BCUT2D eigenvalue weighted by atomic mass is 9.95. The van der Waals surface area contributed by atoms with Gasteiger partial charge < -0.3 is 16.0 Å². The molecule has 1 aliphatic rings. The van der Waals surface area contributed by atoms with Crippen molar-refractivity contribution >= 4 is 17.5 Å². The van der Waals surface area contributed by atoms with E-state index < -0.39 is 0 Å². The van der Waals surface area contributed by atoms with Crippen LogP contribution in [0.4, 0.5) is 5.69 Å². The van der Waals surface area contributed by atoms with E-state index in [-0.39, 0.29) is 24.4 Å². The maximum atomic E-state index is 12.3. The Morgan fingerprint density at radius 3 is 2.71 bits per heavy atom. The Morgan fingerprint density at radius 2 is 1.92 bits per heavy atom. The Bertz CT molecular complexity index is 758. The molecule has 5 heteroatoms. The van der Waals surface area contributed by atoms with E-state index in [9.17, 15) is 9.59 Å². The molecule has 0 unspecified atom stereocenters. The number of hydrogen-bond donors (Lipinski definition) is 3. The number of anilines is 1. The maximum Gasteiger partial charge on any atom is 0.243 e. The molecule has 0 saturated carbocycles. The van der Waals surface area contributed by atoms with E-state index in [0.29, 0.717) is 13.0 Å². The fourth-order valence-electron chi connectivity index (χ4n) is 2.86. The molecule has 1 heterocycles. The first-order chi connectivity index (χ1) is 11.6. The lowest BCUT2D eigenvalue weighted by molar-refractivity contribution is -0.125. The number of amides is 2. The minimum Gasteiger partial charge on any atom is -0.346 e. The molecule has 0 aromatic heterocycles. The lowest BCUT2D eigenvalue weighted by Gasteiger charge is -2.25. The third-order valence-electron chi connectivity index (χ3n) is 4.12. The highest BCUT2D eigenvalue weighted by Crippen LogP contribution is 2.16. The highest BCUT2D eigenvalue weighted by molar-refractivity contribution is 5.95. The third-order valence-corrected chi connectivity index (χ3v) is 4.12. The molecule has 0 saturated heterocycles. The quantitative estimate of drug-likeness (QED) is 0.803. The van der Waals surface area contributed by atoms with Crippen molar-refractivity contribution < 1.29 is 9.59 Å². The van der Waals surface area contributed by atoms with Crippen LogP contribution in [0.15, 0.2) is 48.5 Å². The van der Waals surface area contributed by atoms with Gasteiger partial charge in [0.1, 0.15) is 0 Å². The number of aryl methyl sites for hydroxylation is 1. The number of hydrogen-bond acceptors (Lipinski definition) is 3. The van der Waals surface area contributed by atoms with E-state index >= 15 is 0 Å². The van der Waals surface area contributed by atoms with Gasteiger partial charge in [-0.2, -0.15) is 0 Å². The van der Waals surface area contributed by atoms with Crippen molar-refractivity contribution in [2.24, 2.45) is 0 Å². The first kappa shape index (κ1) is 16.2. The molecule has 0 radical (unpaired) electrons. The van der Waals surface area contributed by atoms with Crippen LogP contribution in [0.5, 0.6) is 0 Å². The van der Waals surface area contributed by atoms with E-state index in [1.54, 1.807) is 0 Å². The monoisotopic (exact) mass is 323 g/mol. The minimum atomic E-state index is -0.299. The molecular weight excluding hydrogens is 302 g/mol. The first-order valence-corrected chi connectivity index (χ1v) is 8.06. The number of fused-ring (bicyclic) bond motifs is 1. The van der Waals surface area contributed by atoms with Crippen molar-refractivity contribution in [2.75, 3.05) is 11.9 Å². The molecule has 1 atom stereocenters. The predicted molar refractivity (Wildman–Crippen MR) is 93.6 cm³/mol. The van der Waals surface area contributed by atoms with Crippen molar-refractivity contribution in [3.05, 3.63) is 65.2 Å². The van der Waals surface area contributed by atoms with Gasteiger partial charge in [-0.3, -0.25) is 9.59 Å². The summed E-state index contributed by atoms with van der Waals surface area (Å²) in [7, 11) is 0. The van der Waals surface area contributed by atoms with Gasteiger partial charge >= 0.3 is 0 Å². The summed E-state index contributed by atoms with van der Waals surface area (Å²) in [6.45, 7) is 2.60. The number of nitrogens with one attached hydrogen (secondary N) is 3. The van der Waals surface area contributed by atoms with E-state index in [1.807, 2.05) is 49.4 Å². The SMILES string of the molecule is Cc1cccc(NC(=O)CNC(=O)[C@H]2Cc3ccccc3CN2)c1. The first-order valence-electron chi connectivity index (χ1n) is 8.06. The van der Waals surface area contributed by atoms with Gasteiger partial charge in [0.15, 0.2) is 0 Å². The van der Waals surface area contributed by atoms with Crippen LogP contribution >= 0.6 is 0 Å². The summed E-state index contributed by atoms with van der Waals surface area (Å²) in [6.07, 6.45) is 0.640. The molecule has 1 aliphatic heterocycles. The molecule has 0 aliphatic carbocycles. The number of carbonyl (C=O) groups is 2. The van der Waals surface area contributed by atoms with Gasteiger partial charge in [-0.15, -0.1) is 0 Å². The van der Waals surface area contributed by atoms with Crippen LogP contribution in [0.25, 0.3) is 0 Å². The minimum absolute atomic E-state index is 0.0351. The Balaban J connectivity index is 1.50. The molecule has 0 bridgehead atoms. The van der Waals surface area contributed by atoms with Gasteiger partial charge in [-0.1, -0.05) is 36.4 Å². The molecule has 2 aromatic carbocycles. The molecule has 2 amide bonds. The summed E-state index contributed by atoms with van der Waals surface area (Å²) in [6, 6.07) is 15.3. The normalized spacial score (nSPS) is 16.1. The van der Waals surface area contributed by atoms with E-state index in [4.69, 9.17) is 0 Å². The van der Waals surface area contributed by atoms with Gasteiger partial charge in [0.05, 0.1) is 12.6 Å². The molecule has 5 nitrogen and oxygen atoms in total. The molecule has 0 spiro atoms. The van der Waals surface area contributed by atoms with Gasteiger partial charge in [0.25, 0.3) is 0 Å². The van der Waals surface area contributed by atoms with Crippen molar-refractivity contribution in [3.8, 4) is 0 Å². The lowest BCUT2D eigenvalue weighted by Crippen LogP contribution is -2.49. The summed E-state index contributed by atoms with van der Waals surface area (Å²) >= 11 is 0. The number of benzene rings is 2. The third kappa shape index (κ3) is 4.00. The second kappa shape index (κ2) is 7.27. The largest absolute Gasteiger partial charge is 0.346 e. The summed E-state index contributed by atoms with van der Waals surface area (Å²) < 4.78 is 0. The number of carbonyl (C=O) groups excluding carboxylic acids is 2. The standard InChI is InChI=1S/C19H21N3O2/c1-13-5-4-8-16(9-13)22-18(23)12-21-19(24)17-10-14-6-2-3-7-15(14)11-20-17/h2-9,17,20H,10-12H2,1H3,(H,21,24)(H,22,23)/t17-/m1/s1. The molecule has 124 valence electrons. The van der Waals surface area contributed by atoms with Crippen molar-refractivity contribution in [2.45, 2.75) is 25.9 Å². The predicted octanol–water partition coefficient (Wildman–Crippen LogP) is 1.76. The molecule has 3 rings (SSSR count). The topological polar surface area (TPSA) is 70.2 Å². The molecule has 24 heavy (non-hydrogen) atoms. The molecular formula is C19H21N3O2.